The summed E-state index contributed by atoms with van der Waals surface area (Å²) in [6.07, 6.45) is -0.561. The number of anilines is 2. The van der Waals surface area contributed by atoms with Crippen molar-refractivity contribution in [3.63, 3.8) is 0 Å². The third-order valence-corrected chi connectivity index (χ3v) is 8.58. The molecule has 0 radical (unpaired) electrons. The maximum Gasteiger partial charge on any atom is 0.321 e. The summed E-state index contributed by atoms with van der Waals surface area (Å²) in [5.41, 5.74) is 0.762. The zero-order valence-electron chi connectivity index (χ0n) is 24.3. The van der Waals surface area contributed by atoms with Crippen molar-refractivity contribution < 1.29 is 37.0 Å². The molecule has 1 aliphatic rings. The monoisotopic (exact) mass is 614 g/mol. The van der Waals surface area contributed by atoms with Crippen LogP contribution in [0, 0.1) is 11.7 Å². The SMILES string of the molecule is COc1ccc(NC(=O)N(C)C[C@@H]2Oc3ccc(NS(=O)(=O)c4ccc(F)cc4)cc3C(=O)N([C@@H](C)CO)C[C@H]2C)cc1. The molecule has 43 heavy (non-hydrogen) atoms. The van der Waals surface area contributed by atoms with Crippen molar-refractivity contribution in [2.75, 3.05) is 43.9 Å². The summed E-state index contributed by atoms with van der Waals surface area (Å²) in [5, 5.41) is 12.7. The van der Waals surface area contributed by atoms with Crippen LogP contribution in [0.5, 0.6) is 11.5 Å². The lowest BCUT2D eigenvalue weighted by atomic mass is 9.99. The highest BCUT2D eigenvalue weighted by Gasteiger charge is 2.34. The Kier molecular flexibility index (Phi) is 9.77. The minimum absolute atomic E-state index is 0.0850. The highest BCUT2D eigenvalue weighted by molar-refractivity contribution is 7.92. The zero-order valence-corrected chi connectivity index (χ0v) is 25.1. The van der Waals surface area contributed by atoms with E-state index in [1.165, 1.54) is 28.0 Å². The van der Waals surface area contributed by atoms with Crippen LogP contribution < -0.4 is 19.5 Å². The van der Waals surface area contributed by atoms with Crippen LogP contribution >= 0.6 is 0 Å². The number of rotatable bonds is 9. The molecular formula is C30H35FN4O7S. The summed E-state index contributed by atoms with van der Waals surface area (Å²) in [6.45, 7) is 3.68. The number of amides is 3. The van der Waals surface area contributed by atoms with E-state index < -0.39 is 33.9 Å². The van der Waals surface area contributed by atoms with Gasteiger partial charge in [0.1, 0.15) is 23.4 Å². The van der Waals surface area contributed by atoms with Gasteiger partial charge in [-0.2, -0.15) is 0 Å². The molecule has 3 aromatic carbocycles. The van der Waals surface area contributed by atoms with Gasteiger partial charge in [0.05, 0.1) is 36.8 Å². The van der Waals surface area contributed by atoms with Crippen LogP contribution in [0.25, 0.3) is 0 Å². The number of fused-ring (bicyclic) bond motifs is 1. The number of ether oxygens (including phenoxy) is 2. The lowest BCUT2D eigenvalue weighted by Gasteiger charge is -2.38. The van der Waals surface area contributed by atoms with Gasteiger partial charge in [-0.25, -0.2) is 17.6 Å². The van der Waals surface area contributed by atoms with E-state index in [0.717, 1.165) is 24.3 Å². The molecule has 1 heterocycles. The highest BCUT2D eigenvalue weighted by Crippen LogP contribution is 2.31. The van der Waals surface area contributed by atoms with Crippen molar-refractivity contribution >= 4 is 33.3 Å². The van der Waals surface area contributed by atoms with Gasteiger partial charge < -0.3 is 29.7 Å². The van der Waals surface area contributed by atoms with Crippen molar-refractivity contribution in [1.82, 2.24) is 9.80 Å². The number of aliphatic hydroxyl groups is 1. The second-order valence-electron chi connectivity index (χ2n) is 10.4. The fourth-order valence-corrected chi connectivity index (χ4v) is 5.63. The number of aliphatic hydroxyl groups excluding tert-OH is 1. The summed E-state index contributed by atoms with van der Waals surface area (Å²) in [4.78, 5) is 29.5. The Morgan fingerprint density at radius 1 is 1.14 bits per heavy atom. The van der Waals surface area contributed by atoms with E-state index in [4.69, 9.17) is 9.47 Å². The summed E-state index contributed by atoms with van der Waals surface area (Å²) >= 11 is 0. The fraction of sp³-hybridized carbons (Fsp3) is 0.333. The Labute approximate surface area is 250 Å². The minimum Gasteiger partial charge on any atom is -0.497 e. The topological polar surface area (TPSA) is 138 Å². The lowest BCUT2D eigenvalue weighted by Crippen LogP contribution is -2.50. The van der Waals surface area contributed by atoms with Crippen LogP contribution in [-0.2, 0) is 10.0 Å². The minimum atomic E-state index is -4.08. The van der Waals surface area contributed by atoms with E-state index in [0.29, 0.717) is 11.4 Å². The number of hydrogen-bond donors (Lipinski definition) is 3. The Morgan fingerprint density at radius 3 is 2.42 bits per heavy atom. The van der Waals surface area contributed by atoms with Crippen molar-refractivity contribution in [1.29, 1.82) is 0 Å². The average Bonchev–Trinajstić information content (AvgIpc) is 2.99. The normalized spacial score (nSPS) is 17.5. The van der Waals surface area contributed by atoms with E-state index in [9.17, 15) is 27.5 Å². The van der Waals surface area contributed by atoms with E-state index in [-0.39, 0.29) is 53.5 Å². The molecule has 4 rings (SSSR count). The molecule has 0 aliphatic carbocycles. The summed E-state index contributed by atoms with van der Waals surface area (Å²) < 4.78 is 53.0. The third kappa shape index (κ3) is 7.54. The molecule has 0 saturated carbocycles. The van der Waals surface area contributed by atoms with Gasteiger partial charge in [0.25, 0.3) is 15.9 Å². The molecule has 11 nitrogen and oxygen atoms in total. The largest absolute Gasteiger partial charge is 0.497 e. The predicted octanol–water partition coefficient (Wildman–Crippen LogP) is 4.02. The molecule has 3 aromatic rings. The first-order valence-electron chi connectivity index (χ1n) is 13.6. The number of nitrogens with zero attached hydrogens (tertiary/aromatic N) is 2. The number of hydrogen-bond acceptors (Lipinski definition) is 7. The number of nitrogens with one attached hydrogen (secondary N) is 2. The van der Waals surface area contributed by atoms with Gasteiger partial charge in [0.15, 0.2) is 0 Å². The third-order valence-electron chi connectivity index (χ3n) is 7.18. The van der Waals surface area contributed by atoms with Crippen molar-refractivity contribution in [3.05, 3.63) is 78.1 Å². The van der Waals surface area contributed by atoms with Crippen LogP contribution in [0.2, 0.25) is 0 Å². The number of carbonyl (C=O) groups is 2. The van der Waals surface area contributed by atoms with E-state index in [1.54, 1.807) is 45.3 Å². The van der Waals surface area contributed by atoms with Crippen LogP contribution in [0.1, 0.15) is 24.2 Å². The molecule has 1 aliphatic heterocycles. The molecule has 0 fully saturated rings. The molecule has 0 saturated heterocycles. The smallest absolute Gasteiger partial charge is 0.321 e. The molecule has 0 aromatic heterocycles. The molecule has 0 unspecified atom stereocenters. The Hall–Kier alpha value is -4.36. The van der Waals surface area contributed by atoms with Gasteiger partial charge in [-0.05, 0) is 73.7 Å². The summed E-state index contributed by atoms with van der Waals surface area (Å²) in [7, 11) is -0.900. The van der Waals surface area contributed by atoms with E-state index in [2.05, 4.69) is 10.0 Å². The van der Waals surface area contributed by atoms with Gasteiger partial charge in [0.2, 0.25) is 0 Å². The second kappa shape index (κ2) is 13.3. The van der Waals surface area contributed by atoms with Gasteiger partial charge in [0, 0.05) is 30.9 Å². The number of carbonyl (C=O) groups excluding carboxylic acids is 2. The number of benzene rings is 3. The molecule has 230 valence electrons. The predicted molar refractivity (Wildman–Crippen MR) is 159 cm³/mol. The number of halogens is 1. The summed E-state index contributed by atoms with van der Waals surface area (Å²) in [6, 6.07) is 14.6. The Bertz CT molecular complexity index is 1550. The van der Waals surface area contributed by atoms with Gasteiger partial charge >= 0.3 is 6.03 Å². The first-order valence-corrected chi connectivity index (χ1v) is 15.1. The quantitative estimate of drug-likeness (QED) is 0.331. The van der Waals surface area contributed by atoms with Crippen molar-refractivity contribution in [2.45, 2.75) is 30.9 Å². The number of methoxy groups -OCH3 is 1. The standard InChI is InChI=1S/C30H35FN4O7S/c1-19-16-35(20(2)18-36)29(37)26-15-23(33-43(39,40)25-12-5-21(31)6-13-25)9-14-27(26)42-28(19)17-34(3)30(38)32-22-7-10-24(41-4)11-8-22/h5-15,19-20,28,33,36H,16-18H2,1-4H3,(H,32,38)/t19-,20+,28+/m1/s1. The van der Waals surface area contributed by atoms with Gasteiger partial charge in [-0.15, -0.1) is 0 Å². The van der Waals surface area contributed by atoms with Crippen molar-refractivity contribution in [2.24, 2.45) is 5.92 Å². The molecule has 0 spiro atoms. The lowest BCUT2D eigenvalue weighted by molar-refractivity contribution is 0.0371. The van der Waals surface area contributed by atoms with Crippen molar-refractivity contribution in [3.8, 4) is 11.5 Å². The van der Waals surface area contributed by atoms with Crippen LogP contribution in [0.15, 0.2) is 71.6 Å². The zero-order chi connectivity index (χ0) is 31.3. The maximum absolute atomic E-state index is 13.7. The molecular weight excluding hydrogens is 579 g/mol. The Balaban J connectivity index is 1.59. The van der Waals surface area contributed by atoms with Crippen LogP contribution in [-0.4, -0.2) is 81.3 Å². The van der Waals surface area contributed by atoms with E-state index >= 15 is 0 Å². The van der Waals surface area contributed by atoms with Crippen LogP contribution in [0.4, 0.5) is 20.6 Å². The number of sulfonamides is 1. The first kappa shape index (κ1) is 31.6. The number of likely N-dealkylation sites (N-methyl/N-ethyl adjacent to an activating group) is 1. The molecule has 13 heteroatoms. The molecule has 3 atom stereocenters. The fourth-order valence-electron chi connectivity index (χ4n) is 4.58. The van der Waals surface area contributed by atoms with E-state index in [1.807, 2.05) is 6.92 Å². The Morgan fingerprint density at radius 2 is 1.79 bits per heavy atom. The van der Waals surface area contributed by atoms with Gasteiger partial charge in [-0.3, -0.25) is 9.52 Å². The summed E-state index contributed by atoms with van der Waals surface area (Å²) in [5.74, 6) is -0.419. The maximum atomic E-state index is 13.7. The molecule has 3 N–H and O–H groups in total. The average molecular weight is 615 g/mol. The highest BCUT2D eigenvalue weighted by atomic mass is 32.2. The second-order valence-corrected chi connectivity index (χ2v) is 12.1. The number of urea groups is 1. The first-order chi connectivity index (χ1) is 20.4. The van der Waals surface area contributed by atoms with Gasteiger partial charge in [-0.1, -0.05) is 6.92 Å². The van der Waals surface area contributed by atoms with Crippen LogP contribution in [0.3, 0.4) is 0 Å². The molecule has 3 amide bonds. The molecule has 0 bridgehead atoms.